The maximum atomic E-state index is 11.4. The average molecular weight is 531 g/mol. The van der Waals surface area contributed by atoms with E-state index >= 15 is 0 Å². The largest absolute Gasteiger partial charge is 0.489 e. The number of carbonyl (C=O) groups is 1. The topological polar surface area (TPSA) is 150 Å². The van der Waals surface area contributed by atoms with E-state index in [4.69, 9.17) is 14.5 Å². The first-order valence-electron chi connectivity index (χ1n) is 12.8. The van der Waals surface area contributed by atoms with Crippen LogP contribution in [-0.2, 0) is 18.4 Å². The van der Waals surface area contributed by atoms with Crippen molar-refractivity contribution in [2.45, 2.75) is 45.3 Å². The second kappa shape index (κ2) is 11.4. The minimum absolute atomic E-state index is 0.138. The Morgan fingerprint density at radius 1 is 1.10 bits per heavy atom. The summed E-state index contributed by atoms with van der Waals surface area (Å²) >= 11 is 0. The van der Waals surface area contributed by atoms with E-state index in [2.05, 4.69) is 30.6 Å². The number of carboxylic acids is 1. The normalized spacial score (nSPS) is 17.0. The molecule has 1 aliphatic rings. The van der Waals surface area contributed by atoms with Gasteiger partial charge in [-0.2, -0.15) is 15.0 Å². The number of rotatable bonds is 9. The van der Waals surface area contributed by atoms with Crippen LogP contribution in [0.15, 0.2) is 42.5 Å². The van der Waals surface area contributed by atoms with Crippen LogP contribution in [-0.4, -0.2) is 59.2 Å². The van der Waals surface area contributed by atoms with E-state index in [9.17, 15) is 9.90 Å². The number of nitrogens with zero attached hydrogens (tertiary/aromatic N) is 7. The number of ether oxygens (including phenoxy) is 2. The molecule has 0 unspecified atom stereocenters. The molecule has 5 rings (SSSR count). The molecule has 12 nitrogen and oxygen atoms in total. The molecule has 2 N–H and O–H groups in total. The zero-order chi connectivity index (χ0) is 27.4. The first-order valence-corrected chi connectivity index (χ1v) is 12.8. The predicted octanol–water partition coefficient (Wildman–Crippen LogP) is 3.68. The van der Waals surface area contributed by atoms with Gasteiger partial charge in [-0.15, -0.1) is 5.10 Å². The fourth-order valence-electron chi connectivity index (χ4n) is 4.64. The van der Waals surface area contributed by atoms with Gasteiger partial charge in [-0.05, 0) is 44.7 Å². The number of carboxylic acid groups (broad SMARTS) is 1. The summed E-state index contributed by atoms with van der Waals surface area (Å²) in [5.74, 6) is 0.369. The Morgan fingerprint density at radius 3 is 2.67 bits per heavy atom. The molecule has 1 fully saturated rings. The second-order valence-electron chi connectivity index (χ2n) is 9.42. The van der Waals surface area contributed by atoms with E-state index in [1.54, 1.807) is 4.68 Å². The summed E-state index contributed by atoms with van der Waals surface area (Å²) in [7, 11) is 3.32. The fourth-order valence-corrected chi connectivity index (χ4v) is 4.64. The average Bonchev–Trinajstić information content (AvgIpc) is 3.33. The molecule has 202 valence electrons. The predicted molar refractivity (Wildman–Crippen MR) is 142 cm³/mol. The number of benzene rings is 1. The Balaban J connectivity index is 1.33. The van der Waals surface area contributed by atoms with Gasteiger partial charge in [0.25, 0.3) is 0 Å². The number of pyridine rings is 1. The van der Waals surface area contributed by atoms with Crippen LogP contribution >= 0.6 is 0 Å². The first-order chi connectivity index (χ1) is 18.9. The molecule has 1 aromatic carbocycles. The van der Waals surface area contributed by atoms with Gasteiger partial charge < -0.3 is 19.9 Å². The number of nitrogens with one attached hydrogen (secondary N) is 1. The van der Waals surface area contributed by atoms with Crippen molar-refractivity contribution in [3.8, 4) is 34.5 Å². The number of aryl methyl sites for hydroxylation is 2. The van der Waals surface area contributed by atoms with E-state index in [1.807, 2.05) is 56.4 Å². The molecule has 0 spiro atoms. The molecule has 3 heterocycles. The number of anilines is 1. The zero-order valence-electron chi connectivity index (χ0n) is 22.0. The summed E-state index contributed by atoms with van der Waals surface area (Å²) in [6.07, 6.45) is 2.73. The summed E-state index contributed by atoms with van der Waals surface area (Å²) in [4.78, 5) is 29.4. The smallest absolute Gasteiger partial charge is 0.321 e. The monoisotopic (exact) mass is 530 g/mol. The fraction of sp³-hybridized carbons (Fsp3) is 0.370. The lowest BCUT2D eigenvalue weighted by Gasteiger charge is -2.27. The first kappa shape index (κ1) is 26.0. The summed E-state index contributed by atoms with van der Waals surface area (Å²) in [5, 5.41) is 21.1. The van der Waals surface area contributed by atoms with Gasteiger partial charge >= 0.3 is 12.0 Å². The van der Waals surface area contributed by atoms with Crippen molar-refractivity contribution in [2.24, 2.45) is 13.0 Å². The molecule has 0 bridgehead atoms. The van der Waals surface area contributed by atoms with E-state index in [1.165, 1.54) is 7.11 Å². The van der Waals surface area contributed by atoms with Gasteiger partial charge in [0.2, 0.25) is 5.95 Å². The van der Waals surface area contributed by atoms with Gasteiger partial charge in [-0.1, -0.05) is 35.5 Å². The summed E-state index contributed by atoms with van der Waals surface area (Å²) in [6.45, 7) is 2.20. The van der Waals surface area contributed by atoms with Crippen LogP contribution in [0.5, 0.6) is 11.8 Å². The number of methoxy groups -OCH3 is 1. The number of hydrogen-bond acceptors (Lipinski definition) is 10. The summed E-state index contributed by atoms with van der Waals surface area (Å²) in [6, 6.07) is 13.5. The molecule has 12 heteroatoms. The van der Waals surface area contributed by atoms with Crippen molar-refractivity contribution in [2.75, 3.05) is 12.4 Å². The third-order valence-electron chi connectivity index (χ3n) is 6.74. The molecule has 0 radical (unpaired) electrons. The molecule has 0 aliphatic heterocycles. The Morgan fingerprint density at radius 2 is 1.92 bits per heavy atom. The van der Waals surface area contributed by atoms with Gasteiger partial charge in [0.1, 0.15) is 11.4 Å². The van der Waals surface area contributed by atoms with Crippen molar-refractivity contribution in [1.82, 2.24) is 34.9 Å². The Hall–Kier alpha value is -4.61. The van der Waals surface area contributed by atoms with Gasteiger partial charge in [0.15, 0.2) is 5.82 Å². The Labute approximate surface area is 225 Å². The van der Waals surface area contributed by atoms with Crippen molar-refractivity contribution in [1.29, 1.82) is 0 Å². The Kier molecular flexibility index (Phi) is 7.62. The molecular weight excluding hydrogens is 500 g/mol. The number of aromatic nitrogens is 7. The van der Waals surface area contributed by atoms with Crippen molar-refractivity contribution < 1.29 is 19.4 Å². The van der Waals surface area contributed by atoms with Crippen molar-refractivity contribution >= 4 is 11.9 Å². The summed E-state index contributed by atoms with van der Waals surface area (Å²) < 4.78 is 13.1. The number of aliphatic carboxylic acids is 1. The molecule has 2 atom stereocenters. The van der Waals surface area contributed by atoms with Crippen LogP contribution in [0.1, 0.15) is 37.1 Å². The van der Waals surface area contributed by atoms with E-state index in [-0.39, 0.29) is 18.0 Å². The third kappa shape index (κ3) is 5.95. The van der Waals surface area contributed by atoms with Crippen molar-refractivity contribution in [3.05, 3.63) is 53.9 Å². The van der Waals surface area contributed by atoms with Gasteiger partial charge in [-0.3, -0.25) is 4.79 Å². The second-order valence-corrected chi connectivity index (χ2v) is 9.42. The summed E-state index contributed by atoms with van der Waals surface area (Å²) in [5.41, 5.74) is 3.59. The van der Waals surface area contributed by atoms with Crippen LogP contribution in [0, 0.1) is 12.8 Å². The van der Waals surface area contributed by atoms with E-state index in [0.29, 0.717) is 54.0 Å². The van der Waals surface area contributed by atoms with Gasteiger partial charge in [0, 0.05) is 12.6 Å². The van der Waals surface area contributed by atoms with Crippen LogP contribution < -0.4 is 14.8 Å². The minimum atomic E-state index is -0.760. The van der Waals surface area contributed by atoms with Crippen LogP contribution in [0.25, 0.3) is 22.8 Å². The maximum Gasteiger partial charge on any atom is 0.321 e. The SMILES string of the molecule is COc1nc(NCc2c(-c3ccc(O[C@H]4CCC[C@H](C(=O)O)C4)c(C)n3)nnn2C)nc(-c2ccccc2)n1. The van der Waals surface area contributed by atoms with E-state index < -0.39 is 5.97 Å². The van der Waals surface area contributed by atoms with Crippen LogP contribution in [0.2, 0.25) is 0 Å². The molecule has 0 saturated heterocycles. The third-order valence-corrected chi connectivity index (χ3v) is 6.74. The lowest BCUT2D eigenvalue weighted by atomic mass is 9.87. The molecule has 4 aromatic rings. The minimum Gasteiger partial charge on any atom is -0.489 e. The highest BCUT2D eigenvalue weighted by Crippen LogP contribution is 2.30. The van der Waals surface area contributed by atoms with Gasteiger partial charge in [0.05, 0.1) is 42.8 Å². The van der Waals surface area contributed by atoms with Crippen LogP contribution in [0.4, 0.5) is 5.95 Å². The highest BCUT2D eigenvalue weighted by atomic mass is 16.5. The lowest BCUT2D eigenvalue weighted by molar-refractivity contribution is -0.143. The molecule has 1 aliphatic carbocycles. The lowest BCUT2D eigenvalue weighted by Crippen LogP contribution is -2.29. The molecule has 3 aromatic heterocycles. The standard InChI is InChI=1S/C27H30N8O4/c1-16-22(39-19-11-7-10-18(14-19)25(36)37)13-12-20(29-16)23-21(35(2)34-33-23)15-28-26-30-24(31-27(32-26)38-3)17-8-5-4-6-9-17/h4-6,8-9,12-13,18-19H,7,10-11,14-15H2,1-3H3,(H,36,37)(H,28,30,31,32)/t18-,19-/m0/s1. The highest BCUT2D eigenvalue weighted by molar-refractivity contribution is 5.70. The highest BCUT2D eigenvalue weighted by Gasteiger charge is 2.28. The maximum absolute atomic E-state index is 11.4. The van der Waals surface area contributed by atoms with Crippen molar-refractivity contribution in [3.63, 3.8) is 0 Å². The van der Waals surface area contributed by atoms with Gasteiger partial charge in [-0.25, -0.2) is 9.67 Å². The Bertz CT molecular complexity index is 1460. The number of hydrogen-bond donors (Lipinski definition) is 2. The zero-order valence-corrected chi connectivity index (χ0v) is 22.0. The molecule has 1 saturated carbocycles. The van der Waals surface area contributed by atoms with Crippen LogP contribution in [0.3, 0.4) is 0 Å². The van der Waals surface area contributed by atoms with E-state index in [0.717, 1.165) is 24.1 Å². The molecular formula is C27H30N8O4. The molecule has 0 amide bonds. The quantitative estimate of drug-likeness (QED) is 0.326. The molecule has 39 heavy (non-hydrogen) atoms.